The molecule has 1 fully saturated rings. The van der Waals surface area contributed by atoms with E-state index in [1.54, 1.807) is 0 Å². The zero-order valence-electron chi connectivity index (χ0n) is 8.95. The quantitative estimate of drug-likeness (QED) is 0.378. The van der Waals surface area contributed by atoms with Gasteiger partial charge in [-0.1, -0.05) is 26.2 Å². The normalized spacial score (nSPS) is 20.5. The van der Waals surface area contributed by atoms with Crippen LogP contribution in [0.25, 0.3) is 0 Å². The molecule has 0 amide bonds. The Morgan fingerprint density at radius 3 is 2.60 bits per heavy atom. The van der Waals surface area contributed by atoms with Gasteiger partial charge < -0.3 is 4.74 Å². The van der Waals surface area contributed by atoms with E-state index in [0.29, 0.717) is 6.42 Å². The third kappa shape index (κ3) is 3.15. The Hall–Kier alpha value is -1.19. The molecular formula is C11H16O4. The highest BCUT2D eigenvalue weighted by atomic mass is 16.5. The van der Waals surface area contributed by atoms with E-state index in [-0.39, 0.29) is 18.2 Å². The summed E-state index contributed by atoms with van der Waals surface area (Å²) in [6, 6.07) is 0. The Labute approximate surface area is 89.0 Å². The maximum Gasteiger partial charge on any atom is 0.324 e. The van der Waals surface area contributed by atoms with Crippen LogP contribution in [0, 0.1) is 5.92 Å². The van der Waals surface area contributed by atoms with Gasteiger partial charge in [-0.25, -0.2) is 0 Å². The highest BCUT2D eigenvalue weighted by Gasteiger charge is 2.40. The predicted molar refractivity (Wildman–Crippen MR) is 53.2 cm³/mol. The van der Waals surface area contributed by atoms with Crippen LogP contribution < -0.4 is 0 Å². The van der Waals surface area contributed by atoms with Crippen LogP contribution in [0.5, 0.6) is 0 Å². The molecule has 0 N–H and O–H groups in total. The molecule has 1 aliphatic rings. The molecule has 0 aliphatic carbocycles. The third-order valence-corrected chi connectivity index (χ3v) is 2.51. The summed E-state index contributed by atoms with van der Waals surface area (Å²) < 4.78 is 4.52. The summed E-state index contributed by atoms with van der Waals surface area (Å²) in [6.07, 6.45) is 4.21. The molecule has 1 rings (SSSR count). The van der Waals surface area contributed by atoms with Crippen LogP contribution in [0.4, 0.5) is 0 Å². The first-order chi connectivity index (χ1) is 7.16. The summed E-state index contributed by atoms with van der Waals surface area (Å²) in [6.45, 7) is 1.85. The van der Waals surface area contributed by atoms with Crippen molar-refractivity contribution >= 4 is 17.5 Å². The van der Waals surface area contributed by atoms with Crippen molar-refractivity contribution in [2.75, 3.05) is 6.61 Å². The number of carbonyl (C=O) groups is 3. The zero-order chi connectivity index (χ0) is 11.3. The molecule has 0 spiro atoms. The van der Waals surface area contributed by atoms with Gasteiger partial charge in [-0.05, 0) is 6.42 Å². The van der Waals surface area contributed by atoms with Gasteiger partial charge in [0.1, 0.15) is 0 Å². The van der Waals surface area contributed by atoms with E-state index in [1.165, 1.54) is 0 Å². The fourth-order valence-corrected chi connectivity index (χ4v) is 1.62. The van der Waals surface area contributed by atoms with Crippen molar-refractivity contribution in [3.63, 3.8) is 0 Å². The van der Waals surface area contributed by atoms with Gasteiger partial charge in [0.2, 0.25) is 0 Å². The number of carbonyl (C=O) groups excluding carboxylic acids is 3. The van der Waals surface area contributed by atoms with Crippen molar-refractivity contribution in [3.8, 4) is 0 Å². The second-order valence-electron chi connectivity index (χ2n) is 3.78. The molecule has 4 heteroatoms. The summed E-state index contributed by atoms with van der Waals surface area (Å²) in [4.78, 5) is 33.7. The number of rotatable bonds is 6. The standard InChI is InChI=1S/C11H16O4/c1-2-3-4-5-6-8(12)10-9(13)7-15-11(10)14/h10H,2-7H2,1H3. The number of ketones is 2. The lowest BCUT2D eigenvalue weighted by molar-refractivity contribution is -0.144. The van der Waals surface area contributed by atoms with Crippen LogP contribution in [0.1, 0.15) is 39.0 Å². The highest BCUT2D eigenvalue weighted by molar-refractivity contribution is 6.20. The van der Waals surface area contributed by atoms with Gasteiger partial charge in [0.25, 0.3) is 0 Å². The van der Waals surface area contributed by atoms with Crippen LogP contribution in [-0.4, -0.2) is 24.1 Å². The number of unbranched alkanes of at least 4 members (excludes halogenated alkanes) is 3. The van der Waals surface area contributed by atoms with E-state index in [0.717, 1.165) is 25.7 Å². The monoisotopic (exact) mass is 212 g/mol. The number of hydrogen-bond donors (Lipinski definition) is 0. The van der Waals surface area contributed by atoms with E-state index < -0.39 is 11.9 Å². The van der Waals surface area contributed by atoms with Gasteiger partial charge in [0.15, 0.2) is 24.1 Å². The van der Waals surface area contributed by atoms with Crippen molar-refractivity contribution in [1.82, 2.24) is 0 Å². The molecule has 1 aliphatic heterocycles. The molecule has 1 atom stereocenters. The molecule has 0 saturated carbocycles. The molecule has 15 heavy (non-hydrogen) atoms. The van der Waals surface area contributed by atoms with Crippen LogP contribution >= 0.6 is 0 Å². The van der Waals surface area contributed by atoms with Gasteiger partial charge in [0.05, 0.1) is 0 Å². The number of cyclic esters (lactones) is 1. The van der Waals surface area contributed by atoms with Crippen molar-refractivity contribution in [1.29, 1.82) is 0 Å². The van der Waals surface area contributed by atoms with E-state index >= 15 is 0 Å². The van der Waals surface area contributed by atoms with E-state index in [4.69, 9.17) is 0 Å². The first kappa shape index (κ1) is 11.9. The van der Waals surface area contributed by atoms with Crippen LogP contribution in [0.2, 0.25) is 0 Å². The number of hydrogen-bond acceptors (Lipinski definition) is 4. The fourth-order valence-electron chi connectivity index (χ4n) is 1.62. The second-order valence-corrected chi connectivity index (χ2v) is 3.78. The molecule has 84 valence electrons. The fraction of sp³-hybridized carbons (Fsp3) is 0.727. The molecule has 0 aromatic rings. The average Bonchev–Trinajstić information content (AvgIpc) is 2.53. The molecule has 1 unspecified atom stereocenters. The first-order valence-corrected chi connectivity index (χ1v) is 5.39. The lowest BCUT2D eigenvalue weighted by Gasteiger charge is -2.02. The molecule has 0 bridgehead atoms. The maximum absolute atomic E-state index is 11.5. The van der Waals surface area contributed by atoms with Crippen molar-refractivity contribution in [2.45, 2.75) is 39.0 Å². The number of Topliss-reactive ketones (excluding diaryl/α,β-unsaturated/α-hetero) is 2. The molecule has 0 aromatic carbocycles. The van der Waals surface area contributed by atoms with Gasteiger partial charge >= 0.3 is 5.97 Å². The summed E-state index contributed by atoms with van der Waals surface area (Å²) in [5, 5.41) is 0. The Balaban J connectivity index is 2.33. The summed E-state index contributed by atoms with van der Waals surface area (Å²) >= 11 is 0. The minimum absolute atomic E-state index is 0.232. The molecule has 1 saturated heterocycles. The summed E-state index contributed by atoms with van der Waals surface area (Å²) in [5.74, 6) is -2.45. The SMILES string of the molecule is CCCCCCC(=O)C1C(=O)COC1=O. The van der Waals surface area contributed by atoms with Crippen LogP contribution in [0.15, 0.2) is 0 Å². The highest BCUT2D eigenvalue weighted by Crippen LogP contribution is 2.15. The lowest BCUT2D eigenvalue weighted by Crippen LogP contribution is -2.25. The Kier molecular flexibility index (Phi) is 4.46. The molecule has 4 nitrogen and oxygen atoms in total. The largest absolute Gasteiger partial charge is 0.457 e. The number of ether oxygens (including phenoxy) is 1. The molecule has 0 aromatic heterocycles. The minimum Gasteiger partial charge on any atom is -0.457 e. The van der Waals surface area contributed by atoms with Gasteiger partial charge in [-0.3, -0.25) is 14.4 Å². The van der Waals surface area contributed by atoms with Crippen LogP contribution in [0.3, 0.4) is 0 Å². The van der Waals surface area contributed by atoms with E-state index in [1.807, 2.05) is 0 Å². The topological polar surface area (TPSA) is 60.4 Å². The van der Waals surface area contributed by atoms with Crippen molar-refractivity contribution in [2.24, 2.45) is 5.92 Å². The molecule has 0 radical (unpaired) electrons. The molecular weight excluding hydrogens is 196 g/mol. The van der Waals surface area contributed by atoms with Gasteiger partial charge in [-0.15, -0.1) is 0 Å². The minimum atomic E-state index is -1.12. The Morgan fingerprint density at radius 2 is 2.07 bits per heavy atom. The number of esters is 1. The maximum atomic E-state index is 11.5. The van der Waals surface area contributed by atoms with E-state index in [2.05, 4.69) is 11.7 Å². The Bertz CT molecular complexity index is 254. The summed E-state index contributed by atoms with van der Waals surface area (Å²) in [7, 11) is 0. The lowest BCUT2D eigenvalue weighted by atomic mass is 9.97. The Morgan fingerprint density at radius 1 is 1.33 bits per heavy atom. The molecule has 1 heterocycles. The first-order valence-electron chi connectivity index (χ1n) is 5.39. The zero-order valence-corrected chi connectivity index (χ0v) is 8.95. The van der Waals surface area contributed by atoms with Gasteiger partial charge in [-0.2, -0.15) is 0 Å². The van der Waals surface area contributed by atoms with E-state index in [9.17, 15) is 14.4 Å². The smallest absolute Gasteiger partial charge is 0.324 e. The second kappa shape index (κ2) is 5.63. The average molecular weight is 212 g/mol. The van der Waals surface area contributed by atoms with Gasteiger partial charge in [0, 0.05) is 6.42 Å². The predicted octanol–water partition coefficient (Wildman–Crippen LogP) is 1.27. The van der Waals surface area contributed by atoms with Crippen LogP contribution in [-0.2, 0) is 19.1 Å². The third-order valence-electron chi connectivity index (χ3n) is 2.51. The van der Waals surface area contributed by atoms with Crippen molar-refractivity contribution < 1.29 is 19.1 Å². The van der Waals surface area contributed by atoms with Crippen molar-refractivity contribution in [3.05, 3.63) is 0 Å². The summed E-state index contributed by atoms with van der Waals surface area (Å²) in [5.41, 5.74) is 0.